The quantitative estimate of drug-likeness (QED) is 0.312. The van der Waals surface area contributed by atoms with Crippen LogP contribution in [0.4, 0.5) is 0 Å². The molecule has 10 nitrogen and oxygen atoms in total. The number of likely N-dealkylation sites (N-methyl/N-ethyl adjacent to an activating group) is 1. The topological polar surface area (TPSA) is 178 Å². The van der Waals surface area contributed by atoms with Gasteiger partial charge in [-0.05, 0) is 50.6 Å². The van der Waals surface area contributed by atoms with Crippen LogP contribution in [0.2, 0.25) is 0 Å². The Labute approximate surface area is 182 Å². The van der Waals surface area contributed by atoms with Gasteiger partial charge in [0.1, 0.15) is 29.1 Å². The number of amides is 1. The van der Waals surface area contributed by atoms with Gasteiger partial charge in [-0.2, -0.15) is 0 Å². The summed E-state index contributed by atoms with van der Waals surface area (Å²) in [5, 5.41) is 43.4. The summed E-state index contributed by atoms with van der Waals surface area (Å²) in [6.07, 6.45) is 0.620. The zero-order valence-electron chi connectivity index (χ0n) is 17.3. The van der Waals surface area contributed by atoms with E-state index in [1.165, 1.54) is 31.1 Å². The van der Waals surface area contributed by atoms with E-state index in [2.05, 4.69) is 0 Å². The fraction of sp³-hybridized carbons (Fsp3) is 0.364. The van der Waals surface area contributed by atoms with Gasteiger partial charge in [0, 0.05) is 17.1 Å². The summed E-state index contributed by atoms with van der Waals surface area (Å²) >= 11 is 0. The van der Waals surface area contributed by atoms with Crippen LogP contribution < -0.4 is 5.73 Å². The van der Waals surface area contributed by atoms with Crippen LogP contribution in [-0.2, 0) is 20.8 Å². The Bertz CT molecular complexity index is 1160. The Kier molecular flexibility index (Phi) is 4.76. The Morgan fingerprint density at radius 3 is 2.44 bits per heavy atom. The molecule has 168 valence electrons. The third-order valence-corrected chi connectivity index (χ3v) is 6.77. The molecule has 1 aromatic carbocycles. The van der Waals surface area contributed by atoms with Crippen molar-refractivity contribution in [3.8, 4) is 5.75 Å². The first-order valence-corrected chi connectivity index (χ1v) is 9.91. The van der Waals surface area contributed by atoms with Crippen molar-refractivity contribution in [2.45, 2.75) is 24.5 Å². The number of primary amides is 1. The average Bonchev–Trinajstić information content (AvgIpc) is 2.70. The summed E-state index contributed by atoms with van der Waals surface area (Å²) in [5.74, 6) is -7.19. The van der Waals surface area contributed by atoms with E-state index in [0.717, 1.165) is 0 Å². The third kappa shape index (κ3) is 2.59. The predicted octanol–water partition coefficient (Wildman–Crippen LogP) is -0.223. The number of fused-ring (bicyclic) bond motifs is 3. The van der Waals surface area contributed by atoms with Gasteiger partial charge in [-0.15, -0.1) is 0 Å². The maximum Gasteiger partial charge on any atom is 0.255 e. The standard InChI is InChI=1S/C22H22N2O8/c1-24(2)16-11-6-9-5-10-8(7-25)3-4-12(26)14(10)17(27)13(9)19(29)22(11,32)20(30)15(18(16)28)21(23)31/h3-4,7,9,11,16,26-27,30,32H,5-6H2,1-2H3,(H2,23,31)/t9-,11-,16?,22-/m0/s1. The molecule has 3 aliphatic rings. The number of nitrogens with two attached hydrogens (primary N) is 1. The smallest absolute Gasteiger partial charge is 0.255 e. The van der Waals surface area contributed by atoms with Gasteiger partial charge < -0.3 is 26.2 Å². The number of hydrogen-bond donors (Lipinski definition) is 5. The first kappa shape index (κ1) is 21.7. The van der Waals surface area contributed by atoms with Gasteiger partial charge in [0.25, 0.3) is 5.91 Å². The summed E-state index contributed by atoms with van der Waals surface area (Å²) in [5.41, 5.74) is 1.92. The lowest BCUT2D eigenvalue weighted by Crippen LogP contribution is -2.65. The van der Waals surface area contributed by atoms with Gasteiger partial charge in [-0.25, -0.2) is 0 Å². The molecule has 1 fully saturated rings. The minimum atomic E-state index is -2.68. The molecule has 0 aliphatic heterocycles. The largest absolute Gasteiger partial charge is 0.508 e. The van der Waals surface area contributed by atoms with Crippen LogP contribution in [0.3, 0.4) is 0 Å². The highest BCUT2D eigenvalue weighted by Gasteiger charge is 2.64. The van der Waals surface area contributed by atoms with E-state index in [-0.39, 0.29) is 35.3 Å². The minimum Gasteiger partial charge on any atom is -0.508 e. The minimum absolute atomic E-state index is 0.0281. The molecule has 0 saturated heterocycles. The van der Waals surface area contributed by atoms with Crippen LogP contribution >= 0.6 is 0 Å². The summed E-state index contributed by atoms with van der Waals surface area (Å²) in [7, 11) is 3.05. The zero-order chi connectivity index (χ0) is 23.7. The van der Waals surface area contributed by atoms with Crippen molar-refractivity contribution in [1.29, 1.82) is 0 Å². The van der Waals surface area contributed by atoms with Crippen LogP contribution in [0.15, 0.2) is 29.0 Å². The number of nitrogens with zero attached hydrogens (tertiary/aromatic N) is 1. The van der Waals surface area contributed by atoms with E-state index >= 15 is 0 Å². The third-order valence-electron chi connectivity index (χ3n) is 6.77. The molecule has 0 radical (unpaired) electrons. The number of benzene rings is 1. The Balaban J connectivity index is 2.00. The number of aliphatic hydroxyl groups excluding tert-OH is 2. The van der Waals surface area contributed by atoms with Crippen molar-refractivity contribution in [3.05, 3.63) is 45.7 Å². The van der Waals surface area contributed by atoms with E-state index in [9.17, 15) is 39.6 Å². The maximum absolute atomic E-state index is 13.6. The van der Waals surface area contributed by atoms with Gasteiger partial charge in [0.05, 0.1) is 11.6 Å². The number of Topliss-reactive ketones (excluding diaryl/α,β-unsaturated/α-hetero) is 2. The van der Waals surface area contributed by atoms with Gasteiger partial charge in [-0.1, -0.05) is 0 Å². The summed E-state index contributed by atoms with van der Waals surface area (Å²) in [6.45, 7) is 0. The van der Waals surface area contributed by atoms with E-state index in [4.69, 9.17) is 5.73 Å². The molecular weight excluding hydrogens is 420 g/mol. The SMILES string of the molecule is CN(C)C1C(=O)C(C(N)=O)=C(O)[C@@]2(O)C(=O)C3=C(O)c4c(O)ccc(C=O)c4C[C@H]3C[C@@H]12. The Hall–Kier alpha value is -3.50. The summed E-state index contributed by atoms with van der Waals surface area (Å²) in [4.78, 5) is 51.4. The average molecular weight is 442 g/mol. The van der Waals surface area contributed by atoms with E-state index in [0.29, 0.717) is 11.8 Å². The number of carbonyl (C=O) groups excluding carboxylic acids is 4. The second-order valence-corrected chi connectivity index (χ2v) is 8.61. The highest BCUT2D eigenvalue weighted by Crippen LogP contribution is 2.52. The van der Waals surface area contributed by atoms with E-state index < -0.39 is 58.0 Å². The molecule has 32 heavy (non-hydrogen) atoms. The number of hydrogen-bond acceptors (Lipinski definition) is 9. The van der Waals surface area contributed by atoms with Crippen molar-refractivity contribution in [2.75, 3.05) is 14.1 Å². The van der Waals surface area contributed by atoms with Crippen molar-refractivity contribution in [2.24, 2.45) is 17.6 Å². The van der Waals surface area contributed by atoms with Crippen LogP contribution in [-0.4, -0.2) is 74.8 Å². The molecule has 1 amide bonds. The zero-order valence-corrected chi connectivity index (χ0v) is 17.3. The fourth-order valence-corrected chi connectivity index (χ4v) is 5.38. The lowest BCUT2D eigenvalue weighted by molar-refractivity contribution is -0.153. The molecule has 6 N–H and O–H groups in total. The molecular formula is C22H22N2O8. The molecule has 0 heterocycles. The predicted molar refractivity (Wildman–Crippen MR) is 110 cm³/mol. The van der Waals surface area contributed by atoms with Gasteiger partial charge >= 0.3 is 0 Å². The van der Waals surface area contributed by atoms with Gasteiger partial charge in [-0.3, -0.25) is 24.1 Å². The Morgan fingerprint density at radius 1 is 1.22 bits per heavy atom. The molecule has 4 rings (SSSR count). The van der Waals surface area contributed by atoms with E-state index in [1.807, 2.05) is 0 Å². The normalized spacial score (nSPS) is 29.6. The monoisotopic (exact) mass is 442 g/mol. The van der Waals surface area contributed by atoms with Crippen LogP contribution in [0.5, 0.6) is 5.75 Å². The van der Waals surface area contributed by atoms with Gasteiger partial charge in [0.2, 0.25) is 5.78 Å². The molecule has 4 atom stereocenters. The number of phenols is 1. The Morgan fingerprint density at radius 2 is 1.88 bits per heavy atom. The highest BCUT2D eigenvalue weighted by molar-refractivity contribution is 6.24. The molecule has 10 heteroatoms. The second kappa shape index (κ2) is 7.01. The molecule has 3 aliphatic carbocycles. The fourth-order valence-electron chi connectivity index (χ4n) is 5.38. The number of carbonyl (C=O) groups is 4. The summed E-state index contributed by atoms with van der Waals surface area (Å²) < 4.78 is 0. The molecule has 1 saturated carbocycles. The van der Waals surface area contributed by atoms with Crippen LogP contribution in [0, 0.1) is 11.8 Å². The van der Waals surface area contributed by atoms with Crippen molar-refractivity contribution >= 4 is 29.5 Å². The maximum atomic E-state index is 13.6. The molecule has 0 bridgehead atoms. The highest BCUT2D eigenvalue weighted by atomic mass is 16.3. The van der Waals surface area contributed by atoms with Crippen molar-refractivity contribution in [3.63, 3.8) is 0 Å². The van der Waals surface area contributed by atoms with Crippen molar-refractivity contribution < 1.29 is 39.6 Å². The van der Waals surface area contributed by atoms with Crippen LogP contribution in [0.1, 0.15) is 27.9 Å². The van der Waals surface area contributed by atoms with Gasteiger partial charge in [0.15, 0.2) is 11.4 Å². The number of aliphatic hydroxyl groups is 3. The lowest BCUT2D eigenvalue weighted by Gasteiger charge is -2.50. The number of phenolic OH excluding ortho intramolecular Hbond substituents is 1. The second-order valence-electron chi connectivity index (χ2n) is 8.61. The molecule has 1 unspecified atom stereocenters. The number of rotatable bonds is 3. The number of aldehydes is 1. The molecule has 0 spiro atoms. The molecule has 0 aromatic heterocycles. The first-order valence-electron chi connectivity index (χ1n) is 9.91. The first-order chi connectivity index (χ1) is 15.0. The van der Waals surface area contributed by atoms with E-state index in [1.54, 1.807) is 0 Å². The summed E-state index contributed by atoms with van der Waals surface area (Å²) in [6, 6.07) is 1.44. The van der Waals surface area contributed by atoms with Crippen LogP contribution in [0.25, 0.3) is 5.76 Å². The lowest BCUT2D eigenvalue weighted by atomic mass is 9.57. The number of aromatic hydroxyl groups is 1. The number of ketones is 2. The molecule has 1 aromatic rings. The van der Waals surface area contributed by atoms with Crippen molar-refractivity contribution in [1.82, 2.24) is 4.90 Å².